The highest BCUT2D eigenvalue weighted by Gasteiger charge is 2.20. The fourth-order valence-electron chi connectivity index (χ4n) is 2.85. The van der Waals surface area contributed by atoms with E-state index in [4.69, 9.17) is 20.9 Å². The zero-order valence-electron chi connectivity index (χ0n) is 15.3. The Morgan fingerprint density at radius 3 is 2.64 bits per heavy atom. The number of aryl methyl sites for hydroxylation is 2. The summed E-state index contributed by atoms with van der Waals surface area (Å²) in [5.41, 5.74) is 4.61. The van der Waals surface area contributed by atoms with E-state index in [9.17, 15) is 4.79 Å². The molecule has 0 radical (unpaired) electrons. The van der Waals surface area contributed by atoms with E-state index in [1.54, 1.807) is 31.3 Å². The topological polar surface area (TPSA) is 78.1 Å². The van der Waals surface area contributed by atoms with Gasteiger partial charge in [0, 0.05) is 17.3 Å². The number of esters is 1. The number of hydrogen-bond acceptors (Lipinski definition) is 6. The number of nitrogens with zero attached hydrogens (tertiary/aromatic N) is 3. The molecular weight excluding hydrogens is 378 g/mol. The highest BCUT2D eigenvalue weighted by molar-refractivity contribution is 6.29. The van der Waals surface area contributed by atoms with Gasteiger partial charge in [-0.25, -0.2) is 14.8 Å². The third-order valence-electron chi connectivity index (χ3n) is 4.34. The molecule has 0 aliphatic heterocycles. The minimum atomic E-state index is -0.484. The molecule has 0 fully saturated rings. The van der Waals surface area contributed by atoms with Gasteiger partial charge in [-0.1, -0.05) is 52.7 Å². The van der Waals surface area contributed by atoms with Gasteiger partial charge in [0.2, 0.25) is 0 Å². The largest absolute Gasteiger partial charge is 0.457 e. The van der Waals surface area contributed by atoms with Crippen LogP contribution in [0.25, 0.3) is 22.4 Å². The van der Waals surface area contributed by atoms with E-state index in [0.717, 1.165) is 16.7 Å². The monoisotopic (exact) mass is 393 g/mol. The van der Waals surface area contributed by atoms with Gasteiger partial charge in [-0.05, 0) is 26.0 Å². The Labute approximate surface area is 166 Å². The number of rotatable bonds is 4. The first-order valence-corrected chi connectivity index (χ1v) is 9.00. The molecule has 0 saturated heterocycles. The number of aromatic nitrogens is 3. The van der Waals surface area contributed by atoms with Crippen LogP contribution in [0.15, 0.2) is 53.2 Å². The van der Waals surface area contributed by atoms with Crippen molar-refractivity contribution in [2.24, 2.45) is 0 Å². The van der Waals surface area contributed by atoms with Crippen LogP contribution in [0.2, 0.25) is 5.15 Å². The molecule has 3 aromatic heterocycles. The average molecular weight is 394 g/mol. The molecule has 0 saturated carbocycles. The summed E-state index contributed by atoms with van der Waals surface area (Å²) in [4.78, 5) is 21.3. The van der Waals surface area contributed by atoms with Crippen LogP contribution in [-0.2, 0) is 11.3 Å². The average Bonchev–Trinajstić information content (AvgIpc) is 3.08. The molecule has 0 spiro atoms. The van der Waals surface area contributed by atoms with Crippen LogP contribution in [0.5, 0.6) is 0 Å². The number of carbonyl (C=O) groups excluding carboxylic acids is 1. The summed E-state index contributed by atoms with van der Waals surface area (Å²) in [7, 11) is 0. The second kappa shape index (κ2) is 7.40. The zero-order chi connectivity index (χ0) is 19.7. The molecule has 0 aliphatic rings. The molecule has 0 unspecified atom stereocenters. The third kappa shape index (κ3) is 3.59. The molecule has 0 amide bonds. The molecule has 28 heavy (non-hydrogen) atoms. The van der Waals surface area contributed by atoms with Gasteiger partial charge in [-0.2, -0.15) is 0 Å². The lowest BCUT2D eigenvalue weighted by Crippen LogP contribution is -2.07. The summed E-state index contributed by atoms with van der Waals surface area (Å²) >= 11 is 5.78. The van der Waals surface area contributed by atoms with E-state index in [1.165, 1.54) is 0 Å². The van der Waals surface area contributed by atoms with Gasteiger partial charge in [0.25, 0.3) is 5.71 Å². The highest BCUT2D eigenvalue weighted by Crippen LogP contribution is 2.28. The lowest BCUT2D eigenvalue weighted by atomic mass is 10.0. The predicted molar refractivity (Wildman–Crippen MR) is 105 cm³/mol. The fourth-order valence-corrected chi connectivity index (χ4v) is 2.96. The van der Waals surface area contributed by atoms with E-state index >= 15 is 0 Å². The smallest absolute Gasteiger partial charge is 0.339 e. The van der Waals surface area contributed by atoms with Crippen LogP contribution >= 0.6 is 11.6 Å². The maximum absolute atomic E-state index is 12.8. The van der Waals surface area contributed by atoms with E-state index in [-0.39, 0.29) is 6.61 Å². The molecule has 0 N–H and O–H groups in total. The van der Waals surface area contributed by atoms with Crippen molar-refractivity contribution in [3.8, 4) is 11.3 Å². The molecule has 0 aliphatic carbocycles. The Kier molecular flexibility index (Phi) is 4.79. The first-order valence-electron chi connectivity index (χ1n) is 8.63. The molecule has 4 rings (SSSR count). The number of benzene rings is 1. The SMILES string of the molecule is Cc1ccc(-c2cc(C(=O)OCc3ccc(Cl)nc3)c3c(C)noc3n2)cc1. The summed E-state index contributed by atoms with van der Waals surface area (Å²) in [5.74, 6) is -0.484. The van der Waals surface area contributed by atoms with Crippen LogP contribution in [-0.4, -0.2) is 21.1 Å². The van der Waals surface area contributed by atoms with Gasteiger partial charge in [-0.15, -0.1) is 0 Å². The van der Waals surface area contributed by atoms with Gasteiger partial charge < -0.3 is 9.26 Å². The van der Waals surface area contributed by atoms with E-state index in [1.807, 2.05) is 31.2 Å². The molecule has 140 valence electrons. The number of ether oxygens (including phenoxy) is 1. The number of carbonyl (C=O) groups is 1. The normalized spacial score (nSPS) is 11.0. The molecule has 7 heteroatoms. The van der Waals surface area contributed by atoms with Crippen LogP contribution in [0.4, 0.5) is 0 Å². The Balaban J connectivity index is 1.69. The van der Waals surface area contributed by atoms with Crippen molar-refractivity contribution in [1.82, 2.24) is 15.1 Å². The summed E-state index contributed by atoms with van der Waals surface area (Å²) in [6.45, 7) is 3.85. The Morgan fingerprint density at radius 2 is 1.93 bits per heavy atom. The number of pyridine rings is 2. The standard InChI is InChI=1S/C21H16ClN3O3/c1-12-3-6-15(7-4-12)17-9-16(19-13(2)25-28-20(19)24-17)21(26)27-11-14-5-8-18(22)23-10-14/h3-10H,11H2,1-2H3. The van der Waals surface area contributed by atoms with Crippen molar-refractivity contribution in [3.63, 3.8) is 0 Å². The van der Waals surface area contributed by atoms with Crippen LogP contribution in [0.1, 0.15) is 27.2 Å². The van der Waals surface area contributed by atoms with Crippen LogP contribution < -0.4 is 0 Å². The molecule has 0 atom stereocenters. The van der Waals surface area contributed by atoms with E-state index < -0.39 is 5.97 Å². The number of halogens is 1. The molecule has 3 heterocycles. The third-order valence-corrected chi connectivity index (χ3v) is 4.57. The van der Waals surface area contributed by atoms with Crippen molar-refractivity contribution >= 4 is 28.7 Å². The van der Waals surface area contributed by atoms with Gasteiger partial charge in [0.1, 0.15) is 11.8 Å². The summed E-state index contributed by atoms with van der Waals surface area (Å²) in [6, 6.07) is 13.0. The van der Waals surface area contributed by atoms with Crippen molar-refractivity contribution in [3.05, 3.63) is 76.2 Å². The minimum absolute atomic E-state index is 0.0804. The minimum Gasteiger partial charge on any atom is -0.457 e. The lowest BCUT2D eigenvalue weighted by Gasteiger charge is -2.08. The van der Waals surface area contributed by atoms with Gasteiger partial charge >= 0.3 is 5.97 Å². The van der Waals surface area contributed by atoms with Crippen molar-refractivity contribution < 1.29 is 14.1 Å². The fraction of sp³-hybridized carbons (Fsp3) is 0.143. The Morgan fingerprint density at radius 1 is 1.14 bits per heavy atom. The van der Waals surface area contributed by atoms with Crippen molar-refractivity contribution in [2.45, 2.75) is 20.5 Å². The van der Waals surface area contributed by atoms with E-state index in [0.29, 0.717) is 33.2 Å². The zero-order valence-corrected chi connectivity index (χ0v) is 16.0. The molecule has 0 bridgehead atoms. The molecule has 4 aromatic rings. The first kappa shape index (κ1) is 18.1. The maximum atomic E-state index is 12.8. The molecule has 1 aromatic carbocycles. The molecular formula is C21H16ClN3O3. The van der Waals surface area contributed by atoms with Crippen LogP contribution in [0, 0.1) is 13.8 Å². The van der Waals surface area contributed by atoms with E-state index in [2.05, 4.69) is 15.1 Å². The summed E-state index contributed by atoms with van der Waals surface area (Å²) in [6.07, 6.45) is 1.57. The van der Waals surface area contributed by atoms with Gasteiger partial charge in [0.15, 0.2) is 0 Å². The summed E-state index contributed by atoms with van der Waals surface area (Å²) in [5, 5.41) is 4.88. The highest BCUT2D eigenvalue weighted by atomic mass is 35.5. The van der Waals surface area contributed by atoms with Crippen molar-refractivity contribution in [2.75, 3.05) is 0 Å². The maximum Gasteiger partial charge on any atom is 0.339 e. The molecule has 6 nitrogen and oxygen atoms in total. The predicted octanol–water partition coefficient (Wildman–Crippen LogP) is 4.91. The second-order valence-electron chi connectivity index (χ2n) is 6.43. The Hall–Kier alpha value is -3.25. The van der Waals surface area contributed by atoms with Crippen molar-refractivity contribution in [1.29, 1.82) is 0 Å². The summed E-state index contributed by atoms with van der Waals surface area (Å²) < 4.78 is 10.8. The second-order valence-corrected chi connectivity index (χ2v) is 6.82. The quantitative estimate of drug-likeness (QED) is 0.362. The van der Waals surface area contributed by atoms with Gasteiger partial charge in [-0.3, -0.25) is 0 Å². The lowest BCUT2D eigenvalue weighted by molar-refractivity contribution is 0.0474. The number of fused-ring (bicyclic) bond motifs is 1. The van der Waals surface area contributed by atoms with Crippen LogP contribution in [0.3, 0.4) is 0 Å². The van der Waals surface area contributed by atoms with Gasteiger partial charge in [0.05, 0.1) is 22.3 Å². The first-order chi connectivity index (χ1) is 13.5. The Bertz CT molecular complexity index is 1150. The number of hydrogen-bond donors (Lipinski definition) is 0.